The number of rotatable bonds is 5. The summed E-state index contributed by atoms with van der Waals surface area (Å²) in [6.45, 7) is 3.52. The standard InChI is InChI=1S/C28H27N3O3/c1-18-14-27(32)29-26(15-19-10-12-30(17-19)28(33)21-2-3-21)31(18)24-7-4-20(5-8-24)22-6-9-25-23(16-22)11-13-34-25/h4-9,11,13-14,16,19,21H,2-3,10,12,15,17H2,1H3. The first kappa shape index (κ1) is 20.9. The minimum absolute atomic E-state index is 0.210. The highest BCUT2D eigenvalue weighted by Crippen LogP contribution is 2.33. The Morgan fingerprint density at radius 1 is 1.03 bits per heavy atom. The summed E-state index contributed by atoms with van der Waals surface area (Å²) >= 11 is 0. The Balaban J connectivity index is 1.27. The summed E-state index contributed by atoms with van der Waals surface area (Å²) in [5.74, 6) is 1.65. The minimum atomic E-state index is -0.210. The maximum Gasteiger partial charge on any atom is 0.273 e. The van der Waals surface area contributed by atoms with Crippen LogP contribution in [0.25, 0.3) is 27.8 Å². The molecule has 6 nitrogen and oxygen atoms in total. The number of carbonyl (C=O) groups excluding carboxylic acids is 1. The van der Waals surface area contributed by atoms with Crippen molar-refractivity contribution in [2.45, 2.75) is 32.6 Å². The van der Waals surface area contributed by atoms with Crippen molar-refractivity contribution in [3.05, 3.63) is 82.7 Å². The molecule has 1 aliphatic heterocycles. The van der Waals surface area contributed by atoms with E-state index in [4.69, 9.17) is 4.42 Å². The van der Waals surface area contributed by atoms with Crippen molar-refractivity contribution >= 4 is 16.9 Å². The average molecular weight is 454 g/mol. The highest BCUT2D eigenvalue weighted by Gasteiger charge is 2.36. The van der Waals surface area contributed by atoms with Gasteiger partial charge in [0.2, 0.25) is 5.91 Å². The van der Waals surface area contributed by atoms with Gasteiger partial charge in [-0.1, -0.05) is 18.2 Å². The van der Waals surface area contributed by atoms with Crippen molar-refractivity contribution < 1.29 is 9.21 Å². The van der Waals surface area contributed by atoms with E-state index >= 15 is 0 Å². The summed E-state index contributed by atoms with van der Waals surface area (Å²) < 4.78 is 7.53. The van der Waals surface area contributed by atoms with Crippen molar-refractivity contribution in [2.75, 3.05) is 13.1 Å². The fourth-order valence-corrected chi connectivity index (χ4v) is 5.14. The number of hydrogen-bond acceptors (Lipinski definition) is 4. The van der Waals surface area contributed by atoms with Crippen LogP contribution >= 0.6 is 0 Å². The number of hydrogen-bond donors (Lipinski definition) is 0. The molecule has 0 N–H and O–H groups in total. The molecule has 6 heteroatoms. The first-order valence-corrected chi connectivity index (χ1v) is 12.0. The van der Waals surface area contributed by atoms with Crippen LogP contribution in [0, 0.1) is 18.8 Å². The van der Waals surface area contributed by atoms with Gasteiger partial charge in [0.25, 0.3) is 5.56 Å². The number of carbonyl (C=O) groups is 1. The smallest absolute Gasteiger partial charge is 0.273 e. The highest BCUT2D eigenvalue weighted by atomic mass is 16.3. The lowest BCUT2D eigenvalue weighted by Gasteiger charge is -2.19. The number of benzene rings is 2. The topological polar surface area (TPSA) is 68.3 Å². The molecule has 172 valence electrons. The van der Waals surface area contributed by atoms with Gasteiger partial charge in [-0.25, -0.2) is 0 Å². The minimum Gasteiger partial charge on any atom is -0.464 e. The second-order valence-electron chi connectivity index (χ2n) is 9.62. The number of likely N-dealkylation sites (tertiary alicyclic amines) is 1. The molecular weight excluding hydrogens is 426 g/mol. The Hall–Kier alpha value is -3.67. The zero-order chi connectivity index (χ0) is 23.2. The molecule has 0 spiro atoms. The molecule has 1 amide bonds. The molecule has 4 aromatic rings. The van der Waals surface area contributed by atoms with Gasteiger partial charge in [-0.05, 0) is 73.6 Å². The van der Waals surface area contributed by atoms with Crippen molar-refractivity contribution in [1.82, 2.24) is 14.5 Å². The summed E-state index contributed by atoms with van der Waals surface area (Å²) in [4.78, 5) is 31.1. The first-order chi connectivity index (χ1) is 16.5. The summed E-state index contributed by atoms with van der Waals surface area (Å²) in [6.07, 6.45) is 5.41. The summed E-state index contributed by atoms with van der Waals surface area (Å²) in [5.41, 5.74) is 4.76. The molecule has 2 fully saturated rings. The molecule has 3 heterocycles. The molecule has 2 aromatic heterocycles. The van der Waals surface area contributed by atoms with Gasteiger partial charge in [-0.3, -0.25) is 9.59 Å². The van der Waals surface area contributed by atoms with Gasteiger partial charge in [0, 0.05) is 48.3 Å². The van der Waals surface area contributed by atoms with Gasteiger partial charge in [0.05, 0.1) is 6.26 Å². The van der Waals surface area contributed by atoms with Gasteiger partial charge in [0.15, 0.2) is 0 Å². The number of nitrogens with zero attached hydrogens (tertiary/aromatic N) is 3. The van der Waals surface area contributed by atoms with E-state index in [0.29, 0.717) is 18.2 Å². The Morgan fingerprint density at radius 2 is 1.82 bits per heavy atom. The summed E-state index contributed by atoms with van der Waals surface area (Å²) in [6, 6.07) is 18.1. The SMILES string of the molecule is Cc1cc(=O)nc(CC2CCN(C(=O)C3CC3)C2)n1-c1ccc(-c2ccc3occc3c2)cc1. The van der Waals surface area contributed by atoms with Crippen LogP contribution in [0.4, 0.5) is 0 Å². The van der Waals surface area contributed by atoms with E-state index in [-0.39, 0.29) is 11.5 Å². The maximum absolute atomic E-state index is 12.5. The molecule has 1 aliphatic carbocycles. The zero-order valence-corrected chi connectivity index (χ0v) is 19.2. The van der Waals surface area contributed by atoms with Gasteiger partial charge in [0.1, 0.15) is 11.4 Å². The van der Waals surface area contributed by atoms with Crippen LogP contribution in [0.5, 0.6) is 0 Å². The molecule has 1 unspecified atom stereocenters. The molecule has 2 aliphatic rings. The first-order valence-electron chi connectivity index (χ1n) is 12.0. The van der Waals surface area contributed by atoms with E-state index in [1.807, 2.05) is 24.0 Å². The van der Waals surface area contributed by atoms with Crippen LogP contribution in [0.15, 0.2) is 70.1 Å². The summed E-state index contributed by atoms with van der Waals surface area (Å²) in [7, 11) is 0. The van der Waals surface area contributed by atoms with Crippen LogP contribution < -0.4 is 5.56 Å². The second kappa shape index (κ2) is 8.28. The van der Waals surface area contributed by atoms with E-state index in [0.717, 1.165) is 71.7 Å². The van der Waals surface area contributed by atoms with E-state index in [2.05, 4.69) is 45.9 Å². The lowest BCUT2D eigenvalue weighted by molar-refractivity contribution is -0.131. The van der Waals surface area contributed by atoms with Gasteiger partial charge in [-0.15, -0.1) is 0 Å². The lowest BCUT2D eigenvalue weighted by atomic mass is 10.0. The molecule has 34 heavy (non-hydrogen) atoms. The number of aromatic nitrogens is 2. The molecule has 6 rings (SSSR count). The Bertz CT molecular complexity index is 1430. The molecular formula is C28H27N3O3. The predicted molar refractivity (Wildman–Crippen MR) is 131 cm³/mol. The Labute approximate surface area is 197 Å². The molecule has 1 saturated carbocycles. The number of furan rings is 1. The molecule has 2 aromatic carbocycles. The van der Waals surface area contributed by atoms with Gasteiger partial charge < -0.3 is 13.9 Å². The largest absolute Gasteiger partial charge is 0.464 e. The monoisotopic (exact) mass is 453 g/mol. The van der Waals surface area contributed by atoms with Crippen molar-refractivity contribution in [2.24, 2.45) is 11.8 Å². The van der Waals surface area contributed by atoms with Gasteiger partial charge in [-0.2, -0.15) is 4.98 Å². The third kappa shape index (κ3) is 3.94. The zero-order valence-electron chi connectivity index (χ0n) is 19.2. The average Bonchev–Trinajstić information content (AvgIpc) is 3.39. The Kier molecular flexibility index (Phi) is 5.09. The fraction of sp³-hybridized carbons (Fsp3) is 0.321. The molecule has 1 atom stereocenters. The number of fused-ring (bicyclic) bond motifs is 1. The van der Waals surface area contributed by atoms with E-state index in [1.54, 1.807) is 12.3 Å². The van der Waals surface area contributed by atoms with Crippen LogP contribution in [0.3, 0.4) is 0 Å². The lowest BCUT2D eigenvalue weighted by Crippen LogP contribution is -2.30. The number of aryl methyl sites for hydroxylation is 1. The third-order valence-electron chi connectivity index (χ3n) is 7.09. The van der Waals surface area contributed by atoms with Crippen LogP contribution in [-0.2, 0) is 11.2 Å². The quantitative estimate of drug-likeness (QED) is 0.437. The normalized spacial score (nSPS) is 18.0. The summed E-state index contributed by atoms with van der Waals surface area (Å²) in [5, 5.41) is 1.08. The van der Waals surface area contributed by atoms with E-state index in [9.17, 15) is 9.59 Å². The second-order valence-corrected chi connectivity index (χ2v) is 9.62. The molecule has 0 radical (unpaired) electrons. The predicted octanol–water partition coefficient (Wildman–Crippen LogP) is 4.76. The van der Waals surface area contributed by atoms with Crippen molar-refractivity contribution in [3.8, 4) is 16.8 Å². The van der Waals surface area contributed by atoms with E-state index < -0.39 is 0 Å². The number of amides is 1. The van der Waals surface area contributed by atoms with E-state index in [1.165, 1.54) is 0 Å². The molecule has 0 bridgehead atoms. The molecule has 1 saturated heterocycles. The third-order valence-corrected chi connectivity index (χ3v) is 7.09. The van der Waals surface area contributed by atoms with Crippen LogP contribution in [-0.4, -0.2) is 33.4 Å². The van der Waals surface area contributed by atoms with Crippen LogP contribution in [0.1, 0.15) is 30.8 Å². The fourth-order valence-electron chi connectivity index (χ4n) is 5.14. The Morgan fingerprint density at radius 3 is 2.62 bits per heavy atom. The van der Waals surface area contributed by atoms with Crippen molar-refractivity contribution in [1.29, 1.82) is 0 Å². The maximum atomic E-state index is 12.5. The van der Waals surface area contributed by atoms with Crippen molar-refractivity contribution in [3.63, 3.8) is 0 Å². The highest BCUT2D eigenvalue weighted by molar-refractivity contribution is 5.83. The van der Waals surface area contributed by atoms with Gasteiger partial charge >= 0.3 is 0 Å². The van der Waals surface area contributed by atoms with Crippen LogP contribution in [0.2, 0.25) is 0 Å².